The molecule has 2 aliphatic heterocycles. The SMILES string of the molecule is CCN1CCN(Cc2ccc(-c3ccccc3F)o2)[C@H]2CS(=O)(=O)C[C@H]21. The second-order valence-corrected chi connectivity index (χ2v) is 9.21. The number of sulfone groups is 1. The van der Waals surface area contributed by atoms with Gasteiger partial charge in [-0.05, 0) is 30.8 Å². The van der Waals surface area contributed by atoms with E-state index in [1.54, 1.807) is 24.3 Å². The Balaban J connectivity index is 1.54. The van der Waals surface area contributed by atoms with Crippen LogP contribution in [0.1, 0.15) is 12.7 Å². The van der Waals surface area contributed by atoms with Crippen LogP contribution < -0.4 is 0 Å². The minimum atomic E-state index is -3.00. The van der Waals surface area contributed by atoms with Crippen LogP contribution in [-0.2, 0) is 16.4 Å². The highest BCUT2D eigenvalue weighted by Crippen LogP contribution is 2.30. The lowest BCUT2D eigenvalue weighted by molar-refractivity contribution is 0.0399. The Morgan fingerprint density at radius 3 is 2.50 bits per heavy atom. The molecule has 7 heteroatoms. The summed E-state index contributed by atoms with van der Waals surface area (Å²) in [6.07, 6.45) is 0. The maximum Gasteiger partial charge on any atom is 0.153 e. The van der Waals surface area contributed by atoms with E-state index in [4.69, 9.17) is 4.42 Å². The molecule has 0 aliphatic carbocycles. The number of nitrogens with zero attached hydrogens (tertiary/aromatic N) is 2. The second-order valence-electron chi connectivity index (χ2n) is 7.06. The minimum Gasteiger partial charge on any atom is -0.460 e. The summed E-state index contributed by atoms with van der Waals surface area (Å²) in [5.41, 5.74) is 0.441. The van der Waals surface area contributed by atoms with Crippen molar-refractivity contribution < 1.29 is 17.2 Å². The molecule has 1 aromatic heterocycles. The average molecular weight is 378 g/mol. The summed E-state index contributed by atoms with van der Waals surface area (Å²) in [6, 6.07) is 10.2. The lowest BCUT2D eigenvalue weighted by Crippen LogP contribution is -2.58. The van der Waals surface area contributed by atoms with Crippen LogP contribution in [0.15, 0.2) is 40.8 Å². The molecule has 2 fully saturated rings. The molecule has 0 N–H and O–H groups in total. The summed E-state index contributed by atoms with van der Waals surface area (Å²) < 4.78 is 44.1. The third-order valence-corrected chi connectivity index (χ3v) is 7.17. The summed E-state index contributed by atoms with van der Waals surface area (Å²) in [5.74, 6) is 1.36. The van der Waals surface area contributed by atoms with Gasteiger partial charge in [-0.15, -0.1) is 0 Å². The highest BCUT2D eigenvalue weighted by molar-refractivity contribution is 7.91. The monoisotopic (exact) mass is 378 g/mol. The third-order valence-electron chi connectivity index (χ3n) is 5.47. The summed E-state index contributed by atoms with van der Waals surface area (Å²) in [5, 5.41) is 0. The van der Waals surface area contributed by atoms with Crippen LogP contribution in [0.3, 0.4) is 0 Å². The van der Waals surface area contributed by atoms with Crippen molar-refractivity contribution in [2.45, 2.75) is 25.6 Å². The van der Waals surface area contributed by atoms with Gasteiger partial charge in [-0.2, -0.15) is 0 Å². The van der Waals surface area contributed by atoms with E-state index in [1.807, 2.05) is 6.07 Å². The molecular weight excluding hydrogens is 355 g/mol. The van der Waals surface area contributed by atoms with Crippen LogP contribution in [0.4, 0.5) is 4.39 Å². The molecule has 5 nitrogen and oxygen atoms in total. The van der Waals surface area contributed by atoms with Crippen molar-refractivity contribution in [3.63, 3.8) is 0 Å². The molecule has 0 radical (unpaired) electrons. The molecular formula is C19H23FN2O3S. The summed E-state index contributed by atoms with van der Waals surface area (Å²) >= 11 is 0. The van der Waals surface area contributed by atoms with Crippen molar-refractivity contribution in [2.24, 2.45) is 0 Å². The predicted octanol–water partition coefficient (Wildman–Crippen LogP) is 2.39. The Morgan fingerprint density at radius 2 is 1.77 bits per heavy atom. The Labute approximate surface area is 153 Å². The van der Waals surface area contributed by atoms with Crippen molar-refractivity contribution in [3.05, 3.63) is 48.0 Å². The second kappa shape index (κ2) is 6.79. The molecule has 3 heterocycles. The van der Waals surface area contributed by atoms with Gasteiger partial charge in [0.1, 0.15) is 17.3 Å². The number of fused-ring (bicyclic) bond motifs is 1. The van der Waals surface area contributed by atoms with E-state index < -0.39 is 9.84 Å². The zero-order valence-electron chi connectivity index (χ0n) is 14.8. The molecule has 26 heavy (non-hydrogen) atoms. The van der Waals surface area contributed by atoms with Crippen LogP contribution in [0.2, 0.25) is 0 Å². The first-order valence-electron chi connectivity index (χ1n) is 8.99. The summed E-state index contributed by atoms with van der Waals surface area (Å²) in [6.45, 7) is 5.14. The van der Waals surface area contributed by atoms with Gasteiger partial charge >= 0.3 is 0 Å². The Hall–Kier alpha value is -1.70. The normalized spacial score (nSPS) is 26.1. The molecule has 0 bridgehead atoms. The molecule has 0 saturated carbocycles. The fourth-order valence-electron chi connectivity index (χ4n) is 4.15. The topological polar surface area (TPSA) is 53.8 Å². The number of benzene rings is 1. The number of rotatable bonds is 4. The van der Waals surface area contributed by atoms with Crippen LogP contribution in [0.5, 0.6) is 0 Å². The molecule has 4 rings (SSSR count). The number of furan rings is 1. The van der Waals surface area contributed by atoms with E-state index in [2.05, 4.69) is 16.7 Å². The van der Waals surface area contributed by atoms with Gasteiger partial charge in [0.2, 0.25) is 0 Å². The van der Waals surface area contributed by atoms with Gasteiger partial charge < -0.3 is 4.42 Å². The van der Waals surface area contributed by atoms with Crippen LogP contribution in [-0.4, -0.2) is 61.4 Å². The first-order valence-corrected chi connectivity index (χ1v) is 10.8. The Kier molecular flexibility index (Phi) is 4.62. The van der Waals surface area contributed by atoms with E-state index in [1.165, 1.54) is 6.07 Å². The van der Waals surface area contributed by atoms with Gasteiger partial charge in [-0.1, -0.05) is 19.1 Å². The molecule has 140 valence electrons. The first kappa shape index (κ1) is 17.7. The molecule has 2 saturated heterocycles. The van der Waals surface area contributed by atoms with Crippen LogP contribution in [0.25, 0.3) is 11.3 Å². The van der Waals surface area contributed by atoms with Gasteiger partial charge in [0.25, 0.3) is 0 Å². The van der Waals surface area contributed by atoms with Gasteiger partial charge in [-0.3, -0.25) is 9.80 Å². The van der Waals surface area contributed by atoms with Crippen LogP contribution in [0, 0.1) is 5.82 Å². The van der Waals surface area contributed by atoms with Crippen molar-refractivity contribution in [1.29, 1.82) is 0 Å². The molecule has 0 amide bonds. The minimum absolute atomic E-state index is 0.00397. The van der Waals surface area contributed by atoms with Crippen molar-refractivity contribution in [2.75, 3.05) is 31.1 Å². The zero-order valence-corrected chi connectivity index (χ0v) is 15.6. The van der Waals surface area contributed by atoms with E-state index in [-0.39, 0.29) is 29.4 Å². The Bertz CT molecular complexity index is 896. The fourth-order valence-corrected chi connectivity index (χ4v) is 6.20. The van der Waals surface area contributed by atoms with Crippen molar-refractivity contribution in [3.8, 4) is 11.3 Å². The number of hydrogen-bond donors (Lipinski definition) is 0. The van der Waals surface area contributed by atoms with E-state index in [0.717, 1.165) is 25.4 Å². The van der Waals surface area contributed by atoms with E-state index >= 15 is 0 Å². The van der Waals surface area contributed by atoms with Gasteiger partial charge in [0, 0.05) is 25.2 Å². The molecule has 0 spiro atoms. The van der Waals surface area contributed by atoms with E-state index in [9.17, 15) is 12.8 Å². The van der Waals surface area contributed by atoms with Crippen molar-refractivity contribution in [1.82, 2.24) is 9.80 Å². The fraction of sp³-hybridized carbons (Fsp3) is 0.474. The third kappa shape index (κ3) is 3.31. The maximum atomic E-state index is 13.9. The number of likely N-dealkylation sites (N-methyl/N-ethyl adjacent to an activating group) is 1. The Morgan fingerprint density at radius 1 is 1.08 bits per heavy atom. The zero-order chi connectivity index (χ0) is 18.3. The summed E-state index contributed by atoms with van der Waals surface area (Å²) in [7, 11) is -3.00. The van der Waals surface area contributed by atoms with Gasteiger partial charge in [-0.25, -0.2) is 12.8 Å². The predicted molar refractivity (Wildman–Crippen MR) is 98.0 cm³/mol. The quantitative estimate of drug-likeness (QED) is 0.818. The largest absolute Gasteiger partial charge is 0.460 e. The number of halogens is 1. The highest BCUT2D eigenvalue weighted by Gasteiger charge is 2.46. The number of piperazine rings is 1. The standard InChI is InChI=1S/C19H23FN2O3S/c1-2-21-9-10-22(18-13-26(23,24)12-17(18)21)11-14-7-8-19(25-14)15-5-3-4-6-16(15)20/h3-8,17-18H,2,9-13H2,1H3/t17-,18+/m1/s1. The van der Waals surface area contributed by atoms with Crippen LogP contribution >= 0.6 is 0 Å². The summed E-state index contributed by atoms with van der Waals surface area (Å²) in [4.78, 5) is 4.46. The maximum absolute atomic E-state index is 13.9. The number of hydrogen-bond acceptors (Lipinski definition) is 5. The van der Waals surface area contributed by atoms with Crippen molar-refractivity contribution >= 4 is 9.84 Å². The highest BCUT2D eigenvalue weighted by atomic mass is 32.2. The van der Waals surface area contributed by atoms with Gasteiger partial charge in [0.05, 0.1) is 23.6 Å². The molecule has 2 atom stereocenters. The molecule has 0 unspecified atom stereocenters. The van der Waals surface area contributed by atoms with Gasteiger partial charge in [0.15, 0.2) is 9.84 Å². The average Bonchev–Trinajstić information content (AvgIpc) is 3.19. The van der Waals surface area contributed by atoms with E-state index in [0.29, 0.717) is 17.9 Å². The smallest absolute Gasteiger partial charge is 0.153 e. The molecule has 2 aromatic rings. The molecule has 2 aliphatic rings. The first-order chi connectivity index (χ1) is 12.5. The lowest BCUT2D eigenvalue weighted by atomic mass is 10.0. The lowest BCUT2D eigenvalue weighted by Gasteiger charge is -2.43. The molecule has 1 aromatic carbocycles.